The highest BCUT2D eigenvalue weighted by Crippen LogP contribution is 2.14. The number of hydrogen-bond acceptors (Lipinski definition) is 4. The fraction of sp³-hybridized carbons (Fsp3) is 0.333. The van der Waals surface area contributed by atoms with E-state index < -0.39 is 6.04 Å². The second-order valence-electron chi connectivity index (χ2n) is 5.68. The van der Waals surface area contributed by atoms with Gasteiger partial charge in [-0.3, -0.25) is 9.59 Å². The Morgan fingerprint density at radius 1 is 1.21 bits per heavy atom. The van der Waals surface area contributed by atoms with Crippen LogP contribution < -0.4 is 15.4 Å². The van der Waals surface area contributed by atoms with Gasteiger partial charge in [-0.15, -0.1) is 0 Å². The second kappa shape index (κ2) is 7.68. The van der Waals surface area contributed by atoms with Crippen molar-refractivity contribution in [3.63, 3.8) is 0 Å². The number of carbonyl (C=O) groups excluding carboxylic acids is 2. The molecule has 0 bridgehead atoms. The van der Waals surface area contributed by atoms with Crippen LogP contribution in [-0.4, -0.2) is 24.4 Å². The number of rotatable bonds is 5. The van der Waals surface area contributed by atoms with Crippen molar-refractivity contribution in [2.24, 2.45) is 0 Å². The molecule has 0 spiro atoms. The molecule has 2 amide bonds. The van der Waals surface area contributed by atoms with Gasteiger partial charge in [-0.25, -0.2) is 0 Å². The van der Waals surface area contributed by atoms with Gasteiger partial charge in [0, 0.05) is 6.54 Å². The lowest BCUT2D eigenvalue weighted by Gasteiger charge is -2.14. The summed E-state index contributed by atoms with van der Waals surface area (Å²) in [6.45, 7) is 0.897. The lowest BCUT2D eigenvalue weighted by molar-refractivity contribution is -0.122. The van der Waals surface area contributed by atoms with Gasteiger partial charge in [0.25, 0.3) is 5.91 Å². The van der Waals surface area contributed by atoms with E-state index in [1.807, 2.05) is 30.3 Å². The first-order chi connectivity index (χ1) is 11.7. The smallest absolute Gasteiger partial charge is 0.287 e. The van der Waals surface area contributed by atoms with Gasteiger partial charge in [-0.1, -0.05) is 18.2 Å². The molecular weight excluding hydrogens is 308 g/mol. The predicted octanol–water partition coefficient (Wildman–Crippen LogP) is 2.26. The van der Waals surface area contributed by atoms with E-state index in [0.717, 1.165) is 18.6 Å². The number of benzene rings is 1. The van der Waals surface area contributed by atoms with Gasteiger partial charge in [-0.2, -0.15) is 0 Å². The molecule has 1 aliphatic rings. The molecular formula is C18H20N2O4. The molecule has 126 valence electrons. The number of furan rings is 1. The number of nitrogens with one attached hydrogen (secondary N) is 2. The van der Waals surface area contributed by atoms with Crippen LogP contribution in [0.3, 0.4) is 0 Å². The van der Waals surface area contributed by atoms with E-state index in [1.165, 1.54) is 0 Å². The Hall–Kier alpha value is -2.76. The summed E-state index contributed by atoms with van der Waals surface area (Å²) in [4.78, 5) is 24.1. The van der Waals surface area contributed by atoms with Crippen LogP contribution in [0.1, 0.15) is 35.6 Å². The Morgan fingerprint density at radius 2 is 2.04 bits per heavy atom. The summed E-state index contributed by atoms with van der Waals surface area (Å²) in [5.74, 6) is 0.936. The quantitative estimate of drug-likeness (QED) is 0.882. The summed E-state index contributed by atoms with van der Waals surface area (Å²) >= 11 is 0. The molecule has 1 saturated heterocycles. The van der Waals surface area contributed by atoms with Gasteiger partial charge < -0.3 is 19.8 Å². The number of hydrogen-bond donors (Lipinski definition) is 2. The zero-order valence-electron chi connectivity index (χ0n) is 13.3. The van der Waals surface area contributed by atoms with Crippen molar-refractivity contribution < 1.29 is 18.7 Å². The third kappa shape index (κ3) is 4.16. The van der Waals surface area contributed by atoms with Crippen LogP contribution in [0.25, 0.3) is 0 Å². The summed E-state index contributed by atoms with van der Waals surface area (Å²) in [6.07, 6.45) is 2.47. The maximum absolute atomic E-state index is 12.2. The van der Waals surface area contributed by atoms with Crippen molar-refractivity contribution in [1.82, 2.24) is 10.6 Å². The van der Waals surface area contributed by atoms with Crippen molar-refractivity contribution >= 4 is 11.8 Å². The third-order valence-corrected chi connectivity index (χ3v) is 3.85. The lowest BCUT2D eigenvalue weighted by atomic mass is 10.1. The van der Waals surface area contributed by atoms with Gasteiger partial charge >= 0.3 is 0 Å². The van der Waals surface area contributed by atoms with Crippen molar-refractivity contribution in [2.45, 2.75) is 31.9 Å². The summed E-state index contributed by atoms with van der Waals surface area (Å²) in [7, 11) is 0. The number of amides is 2. The van der Waals surface area contributed by atoms with Crippen molar-refractivity contribution in [3.8, 4) is 5.75 Å². The molecule has 0 aliphatic carbocycles. The molecule has 0 radical (unpaired) electrons. The second-order valence-corrected chi connectivity index (χ2v) is 5.68. The first-order valence-corrected chi connectivity index (χ1v) is 8.07. The highest BCUT2D eigenvalue weighted by Gasteiger charge is 2.24. The number of carbonyl (C=O) groups is 2. The largest absolute Gasteiger partial charge is 0.486 e. The van der Waals surface area contributed by atoms with Crippen LogP contribution >= 0.6 is 0 Å². The minimum absolute atomic E-state index is 0.139. The number of para-hydroxylation sites is 1. The molecule has 24 heavy (non-hydrogen) atoms. The SMILES string of the molecule is O=C(NC1CCCCNC1=O)c1ccc(COc2ccccc2)o1. The van der Waals surface area contributed by atoms with Gasteiger partial charge in [0.2, 0.25) is 5.91 Å². The van der Waals surface area contributed by atoms with E-state index >= 15 is 0 Å². The molecule has 2 N–H and O–H groups in total. The zero-order chi connectivity index (χ0) is 16.8. The van der Waals surface area contributed by atoms with Crippen molar-refractivity contribution in [2.75, 3.05) is 6.54 Å². The standard InChI is InChI=1S/C18H20N2O4/c21-17-15(8-4-5-11-19-17)20-18(22)16-10-9-14(24-16)12-23-13-6-2-1-3-7-13/h1-3,6-7,9-10,15H,4-5,8,11-12H2,(H,19,21)(H,20,22). The van der Waals surface area contributed by atoms with E-state index in [9.17, 15) is 9.59 Å². The third-order valence-electron chi connectivity index (χ3n) is 3.85. The van der Waals surface area contributed by atoms with Crippen LogP contribution in [0, 0.1) is 0 Å². The van der Waals surface area contributed by atoms with E-state index in [1.54, 1.807) is 12.1 Å². The topological polar surface area (TPSA) is 80.6 Å². The zero-order valence-corrected chi connectivity index (χ0v) is 13.3. The first-order valence-electron chi connectivity index (χ1n) is 8.07. The van der Waals surface area contributed by atoms with Gasteiger partial charge in [-0.05, 0) is 43.5 Å². The Morgan fingerprint density at radius 3 is 2.88 bits per heavy atom. The molecule has 1 atom stereocenters. The molecule has 1 aromatic heterocycles. The normalized spacial score (nSPS) is 17.7. The fourth-order valence-electron chi connectivity index (χ4n) is 2.56. The van der Waals surface area contributed by atoms with Gasteiger partial charge in [0.05, 0.1) is 0 Å². The summed E-state index contributed by atoms with van der Waals surface area (Å²) in [5, 5.41) is 5.52. The fourth-order valence-corrected chi connectivity index (χ4v) is 2.56. The molecule has 6 nitrogen and oxygen atoms in total. The Kier molecular flexibility index (Phi) is 5.15. The minimum Gasteiger partial charge on any atom is -0.486 e. The molecule has 3 rings (SSSR count). The lowest BCUT2D eigenvalue weighted by Crippen LogP contribution is -2.45. The first kappa shape index (κ1) is 16.1. The van der Waals surface area contributed by atoms with E-state index in [2.05, 4.69) is 10.6 Å². The molecule has 1 aliphatic heterocycles. The minimum atomic E-state index is -0.505. The average Bonchev–Trinajstić information content (AvgIpc) is 2.99. The van der Waals surface area contributed by atoms with Crippen molar-refractivity contribution in [3.05, 3.63) is 54.0 Å². The van der Waals surface area contributed by atoms with Crippen LogP contribution in [0.2, 0.25) is 0 Å². The highest BCUT2D eigenvalue weighted by atomic mass is 16.5. The molecule has 0 saturated carbocycles. The number of ether oxygens (including phenoxy) is 1. The average molecular weight is 328 g/mol. The summed E-state index contributed by atoms with van der Waals surface area (Å²) < 4.78 is 11.1. The Labute approximate surface area is 140 Å². The summed E-state index contributed by atoms with van der Waals surface area (Å²) in [6, 6.07) is 12.2. The van der Waals surface area contributed by atoms with Crippen LogP contribution in [0.5, 0.6) is 5.75 Å². The van der Waals surface area contributed by atoms with E-state index in [-0.39, 0.29) is 24.2 Å². The molecule has 1 fully saturated rings. The van der Waals surface area contributed by atoms with Crippen LogP contribution in [0.4, 0.5) is 0 Å². The van der Waals surface area contributed by atoms with Crippen LogP contribution in [0.15, 0.2) is 46.9 Å². The molecule has 2 heterocycles. The highest BCUT2D eigenvalue weighted by molar-refractivity contribution is 5.95. The maximum atomic E-state index is 12.2. The molecule has 1 aromatic carbocycles. The molecule has 1 unspecified atom stereocenters. The monoisotopic (exact) mass is 328 g/mol. The Bertz CT molecular complexity index is 696. The van der Waals surface area contributed by atoms with E-state index in [4.69, 9.17) is 9.15 Å². The van der Waals surface area contributed by atoms with E-state index in [0.29, 0.717) is 18.7 Å². The maximum Gasteiger partial charge on any atom is 0.287 e. The predicted molar refractivity (Wildman–Crippen MR) is 87.6 cm³/mol. The Balaban J connectivity index is 1.56. The van der Waals surface area contributed by atoms with Gasteiger partial charge in [0.15, 0.2) is 5.76 Å². The molecule has 6 heteroatoms. The summed E-state index contributed by atoms with van der Waals surface area (Å²) in [5.41, 5.74) is 0. The van der Waals surface area contributed by atoms with Gasteiger partial charge in [0.1, 0.15) is 24.2 Å². The van der Waals surface area contributed by atoms with Crippen molar-refractivity contribution in [1.29, 1.82) is 0 Å². The molecule has 2 aromatic rings. The van der Waals surface area contributed by atoms with Crippen LogP contribution in [-0.2, 0) is 11.4 Å².